The molecule has 1 saturated carbocycles. The van der Waals surface area contributed by atoms with Gasteiger partial charge in [0.2, 0.25) is 0 Å². The molecule has 0 bridgehead atoms. The van der Waals surface area contributed by atoms with Crippen LogP contribution in [0.5, 0.6) is 0 Å². The first kappa shape index (κ1) is 12.5. The number of anilines is 1. The van der Waals surface area contributed by atoms with Gasteiger partial charge in [-0.05, 0) is 25.3 Å². The van der Waals surface area contributed by atoms with Crippen molar-refractivity contribution < 1.29 is 4.74 Å². The predicted octanol–water partition coefficient (Wildman–Crippen LogP) is 2.14. The number of aromatic nitrogens is 2. The quantitative estimate of drug-likeness (QED) is 0.883. The van der Waals surface area contributed by atoms with E-state index in [0.717, 1.165) is 35.8 Å². The Morgan fingerprint density at radius 1 is 1.25 bits per heavy atom. The van der Waals surface area contributed by atoms with E-state index in [9.17, 15) is 0 Å². The van der Waals surface area contributed by atoms with E-state index in [1.54, 1.807) is 17.7 Å². The van der Waals surface area contributed by atoms with Crippen molar-refractivity contribution in [2.45, 2.75) is 37.9 Å². The summed E-state index contributed by atoms with van der Waals surface area (Å²) in [6, 6.07) is 3.33. The van der Waals surface area contributed by atoms with Crippen LogP contribution >= 0.6 is 11.3 Å². The van der Waals surface area contributed by atoms with E-state index >= 15 is 0 Å². The molecule has 4 rings (SSSR count). The van der Waals surface area contributed by atoms with E-state index in [1.807, 2.05) is 0 Å². The van der Waals surface area contributed by atoms with Crippen molar-refractivity contribution >= 4 is 27.4 Å². The summed E-state index contributed by atoms with van der Waals surface area (Å²) in [5.41, 5.74) is 0. The summed E-state index contributed by atoms with van der Waals surface area (Å²) in [5, 5.41) is 8.19. The average molecular weight is 290 g/mol. The molecular weight excluding hydrogens is 272 g/mol. The molecule has 3 heterocycles. The van der Waals surface area contributed by atoms with Crippen molar-refractivity contribution in [3.63, 3.8) is 0 Å². The van der Waals surface area contributed by atoms with Gasteiger partial charge in [0.15, 0.2) is 0 Å². The Bertz CT molecular complexity index is 606. The van der Waals surface area contributed by atoms with Crippen molar-refractivity contribution in [1.82, 2.24) is 15.3 Å². The predicted molar refractivity (Wildman–Crippen MR) is 80.1 cm³/mol. The fourth-order valence-electron chi connectivity index (χ4n) is 2.45. The van der Waals surface area contributed by atoms with E-state index < -0.39 is 0 Å². The first-order valence-corrected chi connectivity index (χ1v) is 8.01. The number of ether oxygens (including phenoxy) is 1. The van der Waals surface area contributed by atoms with Gasteiger partial charge in [0.05, 0.1) is 24.6 Å². The maximum absolute atomic E-state index is 5.17. The largest absolute Gasteiger partial charge is 0.378 e. The van der Waals surface area contributed by atoms with Crippen LogP contribution in [0.25, 0.3) is 10.2 Å². The van der Waals surface area contributed by atoms with Gasteiger partial charge in [-0.3, -0.25) is 0 Å². The molecule has 0 unspecified atom stereocenters. The molecule has 2 aromatic rings. The molecule has 2 aromatic heterocycles. The molecule has 0 spiro atoms. The molecule has 106 valence electrons. The van der Waals surface area contributed by atoms with Gasteiger partial charge in [0, 0.05) is 17.5 Å². The molecule has 20 heavy (non-hydrogen) atoms. The Hall–Kier alpha value is -1.24. The fourth-order valence-corrected chi connectivity index (χ4v) is 3.40. The van der Waals surface area contributed by atoms with Gasteiger partial charge in [-0.25, -0.2) is 9.97 Å². The highest BCUT2D eigenvalue weighted by atomic mass is 32.1. The van der Waals surface area contributed by atoms with Crippen molar-refractivity contribution in [3.8, 4) is 0 Å². The van der Waals surface area contributed by atoms with Crippen LogP contribution in [0.15, 0.2) is 12.4 Å². The summed E-state index contributed by atoms with van der Waals surface area (Å²) in [5.74, 6) is 0.995. The van der Waals surface area contributed by atoms with Crippen LogP contribution in [0, 0.1) is 0 Å². The van der Waals surface area contributed by atoms with Crippen LogP contribution in [-0.4, -0.2) is 35.3 Å². The second kappa shape index (κ2) is 5.27. The molecule has 0 aromatic carbocycles. The Labute approximate surface area is 121 Å². The molecule has 0 radical (unpaired) electrons. The minimum absolute atomic E-state index is 0.513. The summed E-state index contributed by atoms with van der Waals surface area (Å²) in [6.45, 7) is 2.55. The number of nitrogens with zero attached hydrogens (tertiary/aromatic N) is 2. The van der Waals surface area contributed by atoms with Gasteiger partial charge in [0.1, 0.15) is 17.0 Å². The number of fused-ring (bicyclic) bond motifs is 1. The number of rotatable bonds is 5. The third-order valence-corrected chi connectivity index (χ3v) is 5.07. The Balaban J connectivity index is 1.52. The monoisotopic (exact) mass is 290 g/mol. The van der Waals surface area contributed by atoms with Crippen LogP contribution in [0.3, 0.4) is 0 Å². The molecule has 2 fully saturated rings. The second-order valence-corrected chi connectivity index (χ2v) is 6.66. The Kier molecular flexibility index (Phi) is 3.29. The summed E-state index contributed by atoms with van der Waals surface area (Å²) in [4.78, 5) is 11.2. The summed E-state index contributed by atoms with van der Waals surface area (Å²) < 4.78 is 5.17. The number of nitrogens with one attached hydrogen (secondary N) is 2. The third kappa shape index (κ3) is 2.39. The van der Waals surface area contributed by atoms with Gasteiger partial charge < -0.3 is 15.4 Å². The maximum atomic E-state index is 5.17. The zero-order valence-corrected chi connectivity index (χ0v) is 12.1. The van der Waals surface area contributed by atoms with E-state index in [1.165, 1.54) is 24.1 Å². The average Bonchev–Trinajstić information content (AvgIpc) is 2.75. The molecule has 2 aliphatic rings. The summed E-state index contributed by atoms with van der Waals surface area (Å²) in [6.07, 6.45) is 5.50. The molecule has 1 saturated heterocycles. The van der Waals surface area contributed by atoms with Crippen molar-refractivity contribution in [1.29, 1.82) is 0 Å². The van der Waals surface area contributed by atoms with E-state index in [-0.39, 0.29) is 0 Å². The highest BCUT2D eigenvalue weighted by molar-refractivity contribution is 7.18. The molecule has 5 nitrogen and oxygen atoms in total. The lowest BCUT2D eigenvalue weighted by Gasteiger charge is -2.27. The molecule has 0 atom stereocenters. The van der Waals surface area contributed by atoms with E-state index in [0.29, 0.717) is 12.1 Å². The molecule has 1 aliphatic heterocycles. The summed E-state index contributed by atoms with van der Waals surface area (Å²) >= 11 is 1.75. The lowest BCUT2D eigenvalue weighted by atomic mass is 9.93. The topological polar surface area (TPSA) is 59.1 Å². The van der Waals surface area contributed by atoms with Crippen LogP contribution in [0.2, 0.25) is 0 Å². The second-order valence-electron chi connectivity index (χ2n) is 5.54. The maximum Gasteiger partial charge on any atom is 0.138 e. The van der Waals surface area contributed by atoms with Crippen LogP contribution in [-0.2, 0) is 11.3 Å². The zero-order chi connectivity index (χ0) is 13.4. The van der Waals surface area contributed by atoms with Crippen molar-refractivity contribution in [3.05, 3.63) is 17.3 Å². The highest BCUT2D eigenvalue weighted by Crippen LogP contribution is 2.31. The van der Waals surface area contributed by atoms with E-state index in [2.05, 4.69) is 26.7 Å². The van der Waals surface area contributed by atoms with Gasteiger partial charge >= 0.3 is 0 Å². The minimum Gasteiger partial charge on any atom is -0.378 e. The smallest absolute Gasteiger partial charge is 0.138 e. The molecule has 2 N–H and O–H groups in total. The first-order valence-electron chi connectivity index (χ1n) is 7.19. The number of hydrogen-bond acceptors (Lipinski definition) is 6. The van der Waals surface area contributed by atoms with Crippen molar-refractivity contribution in [2.24, 2.45) is 0 Å². The molecular formula is C14H18N4OS. The minimum atomic E-state index is 0.513. The van der Waals surface area contributed by atoms with Crippen LogP contribution in [0.1, 0.15) is 24.1 Å². The summed E-state index contributed by atoms with van der Waals surface area (Å²) in [7, 11) is 0. The zero-order valence-electron chi connectivity index (χ0n) is 11.3. The standard InChI is InChI=1S/C14H18N4OS/c1-2-9(3-1)18-13-12-4-11(5-15-10-6-19-7-10)20-14(12)17-8-16-13/h4,8-10,15H,1-3,5-7H2,(H,16,17,18). The van der Waals surface area contributed by atoms with Gasteiger partial charge in [-0.1, -0.05) is 0 Å². The Morgan fingerprint density at radius 2 is 2.15 bits per heavy atom. The van der Waals surface area contributed by atoms with Crippen LogP contribution in [0.4, 0.5) is 5.82 Å². The molecule has 1 aliphatic carbocycles. The molecule has 0 amide bonds. The normalized spacial score (nSPS) is 19.8. The van der Waals surface area contributed by atoms with Gasteiger partial charge in [-0.15, -0.1) is 11.3 Å². The number of hydrogen-bond donors (Lipinski definition) is 2. The van der Waals surface area contributed by atoms with Gasteiger partial charge in [0.25, 0.3) is 0 Å². The van der Waals surface area contributed by atoms with E-state index in [4.69, 9.17) is 4.74 Å². The lowest BCUT2D eigenvalue weighted by molar-refractivity contribution is -0.00567. The van der Waals surface area contributed by atoms with Crippen LogP contribution < -0.4 is 10.6 Å². The van der Waals surface area contributed by atoms with Gasteiger partial charge in [-0.2, -0.15) is 0 Å². The number of thiophene rings is 1. The highest BCUT2D eigenvalue weighted by Gasteiger charge is 2.20. The fraction of sp³-hybridized carbons (Fsp3) is 0.571. The lowest BCUT2D eigenvalue weighted by Crippen LogP contribution is -2.45. The van der Waals surface area contributed by atoms with Crippen molar-refractivity contribution in [2.75, 3.05) is 18.5 Å². The molecule has 6 heteroatoms. The first-order chi connectivity index (χ1) is 9.88. The Morgan fingerprint density at radius 3 is 2.85 bits per heavy atom. The SMILES string of the molecule is c1nc(NC2CCC2)c2cc(CNC3COC3)sc2n1. The third-order valence-electron chi connectivity index (χ3n) is 4.03.